The molecule has 0 saturated heterocycles. The van der Waals surface area contributed by atoms with Gasteiger partial charge in [0.05, 0.1) is 18.1 Å². The summed E-state index contributed by atoms with van der Waals surface area (Å²) in [6.45, 7) is 8.86. The van der Waals surface area contributed by atoms with Gasteiger partial charge in [-0.25, -0.2) is 4.98 Å². The number of nitrogen functional groups attached to an aromatic ring is 1. The Hall–Kier alpha value is -3.80. The van der Waals surface area contributed by atoms with E-state index in [1.54, 1.807) is 7.11 Å². The van der Waals surface area contributed by atoms with E-state index in [-0.39, 0.29) is 29.2 Å². The molecule has 1 fully saturated rings. The Balaban J connectivity index is 1.41. The second-order valence-electron chi connectivity index (χ2n) is 10.00. The first-order valence-electron chi connectivity index (χ1n) is 13.5. The van der Waals surface area contributed by atoms with Gasteiger partial charge in [-0.3, -0.25) is 4.79 Å². The number of nitrogens with zero attached hydrogens (tertiary/aromatic N) is 3. The summed E-state index contributed by atoms with van der Waals surface area (Å²) in [5.41, 5.74) is 10.1. The van der Waals surface area contributed by atoms with Crippen LogP contribution in [0.25, 0.3) is 11.0 Å². The number of ether oxygens (including phenoxy) is 2. The molecular formula is C31H36ClN5O3. The van der Waals surface area contributed by atoms with Crippen molar-refractivity contribution in [1.82, 2.24) is 19.9 Å². The predicted octanol–water partition coefficient (Wildman–Crippen LogP) is 5.18. The minimum absolute atomic E-state index is 0.0889. The third kappa shape index (κ3) is 7.44. The van der Waals surface area contributed by atoms with Crippen molar-refractivity contribution in [3.05, 3.63) is 76.3 Å². The van der Waals surface area contributed by atoms with Gasteiger partial charge in [0, 0.05) is 18.3 Å². The lowest BCUT2D eigenvalue weighted by atomic mass is 10.1. The van der Waals surface area contributed by atoms with Gasteiger partial charge in [-0.1, -0.05) is 48.2 Å². The molecule has 0 amide bonds. The van der Waals surface area contributed by atoms with E-state index in [0.717, 1.165) is 48.8 Å². The summed E-state index contributed by atoms with van der Waals surface area (Å²) >= 11 is 6.45. The zero-order valence-electron chi connectivity index (χ0n) is 23.3. The molecule has 4 rings (SSSR count). The zero-order valence-corrected chi connectivity index (χ0v) is 24.1. The van der Waals surface area contributed by atoms with E-state index in [1.165, 1.54) is 0 Å². The monoisotopic (exact) mass is 561 g/mol. The number of rotatable bonds is 10. The van der Waals surface area contributed by atoms with Crippen LogP contribution in [0.15, 0.2) is 54.4 Å². The number of nitrogens with one attached hydrogen (secondary N) is 1. The van der Waals surface area contributed by atoms with Crippen LogP contribution in [-0.4, -0.2) is 46.3 Å². The molecule has 8 nitrogen and oxygen atoms in total. The Labute approximate surface area is 240 Å². The number of carbonyl (C=O) groups excluding carboxylic acids is 1. The number of benzene rings is 1. The smallest absolute Gasteiger partial charge is 0.323 e. The van der Waals surface area contributed by atoms with E-state index in [0.29, 0.717) is 35.4 Å². The summed E-state index contributed by atoms with van der Waals surface area (Å²) in [6, 6.07) is 7.74. The van der Waals surface area contributed by atoms with Crippen molar-refractivity contribution in [3.63, 3.8) is 0 Å². The third-order valence-electron chi connectivity index (χ3n) is 7.07. The second-order valence-corrected chi connectivity index (χ2v) is 10.4. The molecule has 3 aromatic rings. The second kappa shape index (κ2) is 13.5. The van der Waals surface area contributed by atoms with Gasteiger partial charge in [0.25, 0.3) is 0 Å². The van der Waals surface area contributed by atoms with E-state index in [4.69, 9.17) is 26.8 Å². The quantitative estimate of drug-likeness (QED) is 0.115. The highest BCUT2D eigenvalue weighted by Gasteiger charge is 2.22. The van der Waals surface area contributed by atoms with Crippen LogP contribution in [0.1, 0.15) is 56.2 Å². The molecule has 0 radical (unpaired) electrons. The minimum atomic E-state index is -0.322. The standard InChI is InChI=1S/C31H36ClN5O3/c1-20(22(3)39-4)16-18-37-19-25(27-28(32)35-31(33)36-29(27)37)14-13-23-9-11-24(12-10-23)15-17-34-21(2)30(38)40-26-7-5-6-8-26/h9-12,16,19,21,26,34H,3,5-8,15,17-18H2,1-2,4H3,(H2,33,35,36)/b20-16+. The van der Waals surface area contributed by atoms with Crippen molar-refractivity contribution >= 4 is 34.6 Å². The Morgan fingerprint density at radius 3 is 2.70 bits per heavy atom. The minimum Gasteiger partial charge on any atom is -0.497 e. The van der Waals surface area contributed by atoms with Crippen LogP contribution in [0.2, 0.25) is 5.15 Å². The van der Waals surface area contributed by atoms with Gasteiger partial charge in [0.15, 0.2) is 0 Å². The molecule has 1 unspecified atom stereocenters. The maximum absolute atomic E-state index is 12.3. The molecule has 40 heavy (non-hydrogen) atoms. The number of nitrogens with two attached hydrogens (primary N) is 1. The van der Waals surface area contributed by atoms with Gasteiger partial charge in [-0.15, -0.1) is 0 Å². The molecule has 1 saturated carbocycles. The van der Waals surface area contributed by atoms with Gasteiger partial charge in [0.1, 0.15) is 28.7 Å². The van der Waals surface area contributed by atoms with Gasteiger partial charge < -0.3 is 25.1 Å². The maximum Gasteiger partial charge on any atom is 0.323 e. The molecule has 3 N–H and O–H groups in total. The first-order chi connectivity index (χ1) is 19.2. The number of methoxy groups -OCH3 is 1. The summed E-state index contributed by atoms with van der Waals surface area (Å²) in [7, 11) is 1.59. The summed E-state index contributed by atoms with van der Waals surface area (Å²) in [5.74, 6) is 6.97. The molecule has 1 atom stereocenters. The van der Waals surface area contributed by atoms with Crippen molar-refractivity contribution in [1.29, 1.82) is 0 Å². The molecule has 2 aromatic heterocycles. The van der Waals surface area contributed by atoms with Crippen LogP contribution in [0, 0.1) is 11.8 Å². The molecular weight excluding hydrogens is 526 g/mol. The summed E-state index contributed by atoms with van der Waals surface area (Å²) < 4.78 is 12.7. The number of aromatic nitrogens is 3. The highest BCUT2D eigenvalue weighted by atomic mass is 35.5. The van der Waals surface area contributed by atoms with Gasteiger partial charge in [-0.2, -0.15) is 4.98 Å². The SMILES string of the molecule is C=C(OC)/C(C)=C/Cn1cc(C#Cc2ccc(CCNC(C)C(=O)OC3CCCC3)cc2)c2c(Cl)nc(N)nc21. The number of halogens is 1. The lowest BCUT2D eigenvalue weighted by molar-refractivity contribution is -0.150. The Kier molecular flexibility index (Phi) is 9.86. The Morgan fingerprint density at radius 2 is 2.00 bits per heavy atom. The molecule has 9 heteroatoms. The predicted molar refractivity (Wildman–Crippen MR) is 159 cm³/mol. The van der Waals surface area contributed by atoms with Crippen LogP contribution in [0.4, 0.5) is 5.95 Å². The van der Waals surface area contributed by atoms with E-state index in [1.807, 2.05) is 55.0 Å². The van der Waals surface area contributed by atoms with Crippen LogP contribution in [0.5, 0.6) is 0 Å². The Bertz CT molecular complexity index is 1460. The van der Waals surface area contributed by atoms with Gasteiger partial charge in [-0.05, 0) is 75.8 Å². The van der Waals surface area contributed by atoms with Crippen LogP contribution in [0.3, 0.4) is 0 Å². The van der Waals surface area contributed by atoms with Crippen molar-refractivity contribution in [3.8, 4) is 11.8 Å². The molecule has 0 aliphatic heterocycles. The highest BCUT2D eigenvalue weighted by Crippen LogP contribution is 2.27. The van der Waals surface area contributed by atoms with E-state index < -0.39 is 0 Å². The summed E-state index contributed by atoms with van der Waals surface area (Å²) in [4.78, 5) is 20.8. The van der Waals surface area contributed by atoms with E-state index in [9.17, 15) is 4.79 Å². The van der Waals surface area contributed by atoms with Crippen molar-refractivity contribution in [2.24, 2.45) is 0 Å². The number of carbonyl (C=O) groups is 1. The third-order valence-corrected chi connectivity index (χ3v) is 7.34. The topological polar surface area (TPSA) is 104 Å². The van der Waals surface area contributed by atoms with Crippen LogP contribution < -0.4 is 11.1 Å². The van der Waals surface area contributed by atoms with Crippen molar-refractivity contribution in [2.45, 2.75) is 64.6 Å². The summed E-state index contributed by atoms with van der Waals surface area (Å²) in [6.07, 6.45) is 9.01. The average molecular weight is 562 g/mol. The van der Waals surface area contributed by atoms with Crippen LogP contribution in [-0.2, 0) is 27.2 Å². The normalized spacial score (nSPS) is 14.6. The molecule has 1 aliphatic carbocycles. The number of allylic oxidation sites excluding steroid dienone is 2. The fraction of sp³-hybridized carbons (Fsp3) is 0.387. The van der Waals surface area contributed by atoms with Crippen molar-refractivity contribution < 1.29 is 14.3 Å². The lowest BCUT2D eigenvalue weighted by Gasteiger charge is -2.17. The number of hydrogen-bond donors (Lipinski definition) is 2. The van der Waals surface area contributed by atoms with Crippen molar-refractivity contribution in [2.75, 3.05) is 19.4 Å². The largest absolute Gasteiger partial charge is 0.497 e. The molecule has 0 bridgehead atoms. The average Bonchev–Trinajstić information content (AvgIpc) is 3.58. The number of esters is 1. The number of fused-ring (bicyclic) bond motifs is 1. The molecule has 210 valence electrons. The number of anilines is 1. The van der Waals surface area contributed by atoms with Gasteiger partial charge in [0.2, 0.25) is 5.95 Å². The molecule has 1 aromatic carbocycles. The van der Waals surface area contributed by atoms with E-state index in [2.05, 4.69) is 33.7 Å². The zero-order chi connectivity index (χ0) is 28.6. The summed E-state index contributed by atoms with van der Waals surface area (Å²) in [5, 5.41) is 4.18. The van der Waals surface area contributed by atoms with E-state index >= 15 is 0 Å². The lowest BCUT2D eigenvalue weighted by Crippen LogP contribution is -2.38. The molecule has 2 heterocycles. The van der Waals surface area contributed by atoms with Gasteiger partial charge >= 0.3 is 5.97 Å². The molecule has 1 aliphatic rings. The first-order valence-corrected chi connectivity index (χ1v) is 13.9. The first kappa shape index (κ1) is 29.2. The Morgan fingerprint density at radius 1 is 1.27 bits per heavy atom. The fourth-order valence-corrected chi connectivity index (χ4v) is 4.86. The maximum atomic E-state index is 12.3. The fourth-order valence-electron chi connectivity index (χ4n) is 4.59. The van der Waals surface area contributed by atoms with Crippen LogP contribution >= 0.6 is 11.6 Å². The number of hydrogen-bond acceptors (Lipinski definition) is 7. The highest BCUT2D eigenvalue weighted by molar-refractivity contribution is 6.34. The molecule has 0 spiro atoms.